The van der Waals surface area contributed by atoms with E-state index in [2.05, 4.69) is 114 Å². The molecule has 0 bridgehead atoms. The first-order chi connectivity index (χ1) is 14.7. The van der Waals surface area contributed by atoms with Gasteiger partial charge in [0.25, 0.3) is 0 Å². The van der Waals surface area contributed by atoms with Crippen LogP contribution in [-0.2, 0) is 9.31 Å². The van der Waals surface area contributed by atoms with Crippen LogP contribution in [0.3, 0.4) is 0 Å². The Morgan fingerprint density at radius 2 is 1.35 bits per heavy atom. The van der Waals surface area contributed by atoms with Gasteiger partial charge in [-0.25, -0.2) is 0 Å². The second-order valence-electron chi connectivity index (χ2n) is 9.46. The minimum absolute atomic E-state index is 0.381. The van der Waals surface area contributed by atoms with Crippen molar-refractivity contribution in [3.05, 3.63) is 101 Å². The van der Waals surface area contributed by atoms with Gasteiger partial charge in [0.05, 0.1) is 11.2 Å². The van der Waals surface area contributed by atoms with E-state index in [1.807, 2.05) is 6.07 Å². The Morgan fingerprint density at radius 3 is 2.00 bits per heavy atom. The van der Waals surface area contributed by atoms with Gasteiger partial charge in [0.1, 0.15) is 0 Å². The third-order valence-corrected chi connectivity index (χ3v) is 6.54. The second kappa shape index (κ2) is 8.14. The Labute approximate surface area is 187 Å². The van der Waals surface area contributed by atoms with E-state index in [9.17, 15) is 0 Å². The zero-order chi connectivity index (χ0) is 22.2. The normalized spacial score (nSPS) is 17.7. The molecule has 0 N–H and O–H groups in total. The van der Waals surface area contributed by atoms with Crippen molar-refractivity contribution >= 4 is 24.2 Å². The third-order valence-electron chi connectivity index (χ3n) is 6.54. The van der Waals surface area contributed by atoms with Crippen molar-refractivity contribution in [1.29, 1.82) is 0 Å². The fourth-order valence-electron chi connectivity index (χ4n) is 4.05. The van der Waals surface area contributed by atoms with Gasteiger partial charge in [0.15, 0.2) is 0 Å². The van der Waals surface area contributed by atoms with Crippen LogP contribution in [0.1, 0.15) is 55.5 Å². The van der Waals surface area contributed by atoms with Gasteiger partial charge < -0.3 is 9.31 Å². The van der Waals surface area contributed by atoms with E-state index in [1.165, 1.54) is 27.8 Å². The maximum Gasteiger partial charge on any atom is 0.495 e. The van der Waals surface area contributed by atoms with Gasteiger partial charge in [-0.15, -0.1) is 0 Å². The maximum absolute atomic E-state index is 6.43. The molecule has 4 rings (SSSR count). The molecular formula is C28H31BO2. The van der Waals surface area contributed by atoms with E-state index >= 15 is 0 Å². The van der Waals surface area contributed by atoms with Crippen LogP contribution in [-0.4, -0.2) is 18.3 Å². The summed E-state index contributed by atoms with van der Waals surface area (Å²) in [5.74, 6) is 0. The summed E-state index contributed by atoms with van der Waals surface area (Å²) in [6, 6.07) is 25.6. The van der Waals surface area contributed by atoms with Crippen molar-refractivity contribution in [1.82, 2.24) is 0 Å². The summed E-state index contributed by atoms with van der Waals surface area (Å²) in [7, 11) is -0.411. The zero-order valence-electron chi connectivity index (χ0n) is 19.4. The van der Waals surface area contributed by atoms with Crippen molar-refractivity contribution < 1.29 is 9.31 Å². The van der Waals surface area contributed by atoms with Crippen LogP contribution in [0.15, 0.2) is 72.8 Å². The highest BCUT2D eigenvalue weighted by atomic mass is 16.7. The zero-order valence-corrected chi connectivity index (χ0v) is 19.4. The van der Waals surface area contributed by atoms with Gasteiger partial charge in [0, 0.05) is 0 Å². The van der Waals surface area contributed by atoms with Crippen molar-refractivity contribution in [3.8, 4) is 0 Å². The van der Waals surface area contributed by atoms with E-state index < -0.39 is 7.12 Å². The fraction of sp³-hybridized carbons (Fsp3) is 0.286. The Bertz CT molecular complexity index is 1100. The van der Waals surface area contributed by atoms with Crippen molar-refractivity contribution in [3.63, 3.8) is 0 Å². The number of hydrogen-bond donors (Lipinski definition) is 0. The summed E-state index contributed by atoms with van der Waals surface area (Å²) < 4.78 is 12.9. The summed E-state index contributed by atoms with van der Waals surface area (Å²) in [5.41, 5.74) is 7.51. The predicted molar refractivity (Wildman–Crippen MR) is 131 cm³/mol. The molecule has 0 spiro atoms. The molecule has 1 heterocycles. The molecule has 3 aromatic rings. The average molecular weight is 410 g/mol. The minimum atomic E-state index is -0.411. The third kappa shape index (κ3) is 4.26. The SMILES string of the molecule is Cc1ccc(/C(=C\c2ccccc2)c2ccccc2B2OC(C)(C)C(C)(C)O2)c(C)c1. The van der Waals surface area contributed by atoms with Gasteiger partial charge in [-0.1, -0.05) is 78.4 Å². The summed E-state index contributed by atoms with van der Waals surface area (Å²) in [4.78, 5) is 0. The first-order valence-electron chi connectivity index (χ1n) is 11.0. The Balaban J connectivity index is 1.89. The molecule has 0 aromatic heterocycles. The number of aryl methyl sites for hydroxylation is 2. The summed E-state index contributed by atoms with van der Waals surface area (Å²) >= 11 is 0. The molecule has 3 heteroatoms. The lowest BCUT2D eigenvalue weighted by molar-refractivity contribution is 0.00578. The lowest BCUT2D eigenvalue weighted by Gasteiger charge is -2.32. The standard InChI is InChI=1S/C28H31BO2/c1-20-16-17-23(21(2)18-20)25(19-22-12-8-7-9-13-22)24-14-10-11-15-26(24)29-30-27(3,4)28(5,6)31-29/h7-19H,1-6H3/b25-19+. The van der Waals surface area contributed by atoms with Crippen molar-refractivity contribution in [2.45, 2.75) is 52.7 Å². The Kier molecular flexibility index (Phi) is 5.68. The molecule has 2 nitrogen and oxygen atoms in total. The van der Waals surface area contributed by atoms with E-state index in [0.717, 1.165) is 11.0 Å². The van der Waals surface area contributed by atoms with Gasteiger partial charge in [0.2, 0.25) is 0 Å². The largest absolute Gasteiger partial charge is 0.495 e. The highest BCUT2D eigenvalue weighted by molar-refractivity contribution is 6.63. The van der Waals surface area contributed by atoms with Crippen LogP contribution in [0.4, 0.5) is 0 Å². The lowest BCUT2D eigenvalue weighted by atomic mass is 9.73. The van der Waals surface area contributed by atoms with Crippen LogP contribution in [0.2, 0.25) is 0 Å². The number of hydrogen-bond acceptors (Lipinski definition) is 2. The molecular weight excluding hydrogens is 379 g/mol. The maximum atomic E-state index is 6.43. The van der Waals surface area contributed by atoms with E-state index in [4.69, 9.17) is 9.31 Å². The van der Waals surface area contributed by atoms with Crippen LogP contribution >= 0.6 is 0 Å². The molecule has 158 valence electrons. The quantitative estimate of drug-likeness (QED) is 0.377. The highest BCUT2D eigenvalue weighted by Gasteiger charge is 2.52. The molecule has 1 aliphatic heterocycles. The Hall–Kier alpha value is -2.62. The first-order valence-corrected chi connectivity index (χ1v) is 11.0. The van der Waals surface area contributed by atoms with Crippen LogP contribution < -0.4 is 5.46 Å². The first kappa shape index (κ1) is 21.6. The molecule has 1 fully saturated rings. The minimum Gasteiger partial charge on any atom is -0.399 e. The topological polar surface area (TPSA) is 18.5 Å². The predicted octanol–water partition coefficient (Wildman–Crippen LogP) is 6.19. The molecule has 0 saturated carbocycles. The summed E-state index contributed by atoms with van der Waals surface area (Å²) in [5, 5.41) is 0. The summed E-state index contributed by atoms with van der Waals surface area (Å²) in [6.07, 6.45) is 2.27. The molecule has 1 aliphatic rings. The summed E-state index contributed by atoms with van der Waals surface area (Å²) in [6.45, 7) is 12.7. The van der Waals surface area contributed by atoms with Gasteiger partial charge in [-0.2, -0.15) is 0 Å². The van der Waals surface area contributed by atoms with Crippen LogP contribution in [0.25, 0.3) is 11.6 Å². The van der Waals surface area contributed by atoms with Crippen molar-refractivity contribution in [2.75, 3.05) is 0 Å². The smallest absolute Gasteiger partial charge is 0.399 e. The monoisotopic (exact) mass is 410 g/mol. The Morgan fingerprint density at radius 1 is 0.742 bits per heavy atom. The molecule has 31 heavy (non-hydrogen) atoms. The van der Waals surface area contributed by atoms with Crippen LogP contribution in [0, 0.1) is 13.8 Å². The highest BCUT2D eigenvalue weighted by Crippen LogP contribution is 2.38. The lowest BCUT2D eigenvalue weighted by Crippen LogP contribution is -2.41. The van der Waals surface area contributed by atoms with E-state index in [-0.39, 0.29) is 11.2 Å². The molecule has 0 amide bonds. The van der Waals surface area contributed by atoms with Crippen LogP contribution in [0.5, 0.6) is 0 Å². The second-order valence-corrected chi connectivity index (χ2v) is 9.46. The van der Waals surface area contributed by atoms with Gasteiger partial charge in [-0.3, -0.25) is 0 Å². The van der Waals surface area contributed by atoms with Gasteiger partial charge >= 0.3 is 7.12 Å². The molecule has 1 saturated heterocycles. The van der Waals surface area contributed by atoms with Gasteiger partial charge in [-0.05, 0) is 80.9 Å². The van der Waals surface area contributed by atoms with E-state index in [0.29, 0.717) is 0 Å². The molecule has 0 radical (unpaired) electrons. The van der Waals surface area contributed by atoms with Crippen molar-refractivity contribution in [2.24, 2.45) is 0 Å². The molecule has 0 unspecified atom stereocenters. The number of rotatable bonds is 4. The number of benzene rings is 3. The molecule has 0 atom stereocenters. The fourth-order valence-corrected chi connectivity index (χ4v) is 4.05. The molecule has 0 aliphatic carbocycles. The molecule has 3 aromatic carbocycles. The average Bonchev–Trinajstić information content (AvgIpc) is 2.94. The van der Waals surface area contributed by atoms with E-state index in [1.54, 1.807) is 0 Å².